The highest BCUT2D eigenvalue weighted by Crippen LogP contribution is 2.23. The van der Waals surface area contributed by atoms with Crippen molar-refractivity contribution < 1.29 is 9.47 Å². The summed E-state index contributed by atoms with van der Waals surface area (Å²) in [5.41, 5.74) is 2.17. The molecule has 0 radical (unpaired) electrons. The molecular formula is C15H15ClO2. The number of hydrogen-bond donors (Lipinski definition) is 0. The van der Waals surface area contributed by atoms with E-state index in [1.165, 1.54) is 0 Å². The summed E-state index contributed by atoms with van der Waals surface area (Å²) in [4.78, 5) is 0. The Morgan fingerprint density at radius 1 is 0.944 bits per heavy atom. The van der Waals surface area contributed by atoms with Gasteiger partial charge in [0.25, 0.3) is 0 Å². The molecule has 0 fully saturated rings. The first kappa shape index (κ1) is 12.9. The molecule has 2 rings (SSSR count). The fourth-order valence-electron chi connectivity index (χ4n) is 1.65. The van der Waals surface area contributed by atoms with Crippen LogP contribution in [0.2, 0.25) is 0 Å². The Bertz CT molecular complexity index is 494. The van der Waals surface area contributed by atoms with Crippen LogP contribution in [0.5, 0.6) is 11.5 Å². The molecule has 3 heteroatoms. The van der Waals surface area contributed by atoms with Gasteiger partial charge in [0.2, 0.25) is 0 Å². The molecular weight excluding hydrogens is 248 g/mol. The van der Waals surface area contributed by atoms with Gasteiger partial charge >= 0.3 is 0 Å². The third kappa shape index (κ3) is 3.49. The zero-order valence-electron chi connectivity index (χ0n) is 10.2. The number of alkyl halides is 1. The first-order chi connectivity index (χ1) is 8.81. The fraction of sp³-hybridized carbons (Fsp3) is 0.200. The number of hydrogen-bond acceptors (Lipinski definition) is 2. The van der Waals surface area contributed by atoms with E-state index in [9.17, 15) is 0 Å². The average molecular weight is 263 g/mol. The van der Waals surface area contributed by atoms with Crippen LogP contribution in [0.1, 0.15) is 11.1 Å². The third-order valence-electron chi connectivity index (χ3n) is 2.52. The van der Waals surface area contributed by atoms with Crippen molar-refractivity contribution in [3.05, 3.63) is 59.7 Å². The lowest BCUT2D eigenvalue weighted by Crippen LogP contribution is -1.89. The minimum Gasteiger partial charge on any atom is -0.457 e. The zero-order valence-corrected chi connectivity index (χ0v) is 11.0. The van der Waals surface area contributed by atoms with Crippen molar-refractivity contribution in [1.82, 2.24) is 0 Å². The Morgan fingerprint density at radius 2 is 1.72 bits per heavy atom. The Balaban J connectivity index is 2.09. The highest BCUT2D eigenvalue weighted by Gasteiger charge is 1.99. The number of rotatable bonds is 5. The van der Waals surface area contributed by atoms with Gasteiger partial charge in [0.1, 0.15) is 11.5 Å². The molecule has 0 amide bonds. The average Bonchev–Trinajstić information content (AvgIpc) is 2.40. The lowest BCUT2D eigenvalue weighted by Gasteiger charge is -2.07. The van der Waals surface area contributed by atoms with Gasteiger partial charge in [0.05, 0.1) is 6.61 Å². The molecule has 0 atom stereocenters. The Labute approximate surface area is 112 Å². The van der Waals surface area contributed by atoms with Crippen molar-refractivity contribution in [3.63, 3.8) is 0 Å². The summed E-state index contributed by atoms with van der Waals surface area (Å²) in [6, 6.07) is 15.6. The molecule has 0 saturated heterocycles. The molecule has 0 aliphatic rings. The fourth-order valence-corrected chi connectivity index (χ4v) is 1.83. The molecule has 2 aromatic rings. The maximum Gasteiger partial charge on any atom is 0.127 e. The van der Waals surface area contributed by atoms with Crippen LogP contribution in [0.4, 0.5) is 0 Å². The minimum atomic E-state index is 0.517. The first-order valence-electron chi connectivity index (χ1n) is 5.72. The van der Waals surface area contributed by atoms with Gasteiger partial charge in [-0.05, 0) is 35.4 Å². The van der Waals surface area contributed by atoms with Gasteiger partial charge in [-0.15, -0.1) is 11.6 Å². The van der Waals surface area contributed by atoms with Crippen LogP contribution in [0.15, 0.2) is 48.5 Å². The molecule has 0 saturated carbocycles. The molecule has 0 unspecified atom stereocenters. The van der Waals surface area contributed by atoms with Crippen molar-refractivity contribution in [1.29, 1.82) is 0 Å². The van der Waals surface area contributed by atoms with Crippen LogP contribution in [-0.2, 0) is 17.2 Å². The predicted octanol–water partition coefficient (Wildman–Crippen LogP) is 4.36. The van der Waals surface area contributed by atoms with E-state index < -0.39 is 0 Å². The van der Waals surface area contributed by atoms with Crippen molar-refractivity contribution >= 4 is 11.6 Å². The van der Waals surface area contributed by atoms with Gasteiger partial charge in [-0.1, -0.05) is 24.3 Å². The summed E-state index contributed by atoms with van der Waals surface area (Å²) < 4.78 is 10.9. The molecule has 2 aromatic carbocycles. The van der Waals surface area contributed by atoms with E-state index in [4.69, 9.17) is 21.1 Å². The van der Waals surface area contributed by atoms with Gasteiger partial charge in [-0.3, -0.25) is 0 Å². The smallest absolute Gasteiger partial charge is 0.127 e. The molecule has 0 aliphatic heterocycles. The second-order valence-corrected chi connectivity index (χ2v) is 4.23. The van der Waals surface area contributed by atoms with Gasteiger partial charge in [0, 0.05) is 13.0 Å². The maximum atomic E-state index is 5.77. The summed E-state index contributed by atoms with van der Waals surface area (Å²) in [6.45, 7) is 0.586. The monoisotopic (exact) mass is 262 g/mol. The third-order valence-corrected chi connectivity index (χ3v) is 2.83. The molecule has 0 spiro atoms. The summed E-state index contributed by atoms with van der Waals surface area (Å²) in [5, 5.41) is 0. The second-order valence-electron chi connectivity index (χ2n) is 3.96. The maximum absolute atomic E-state index is 5.77. The van der Waals surface area contributed by atoms with Crippen molar-refractivity contribution in [3.8, 4) is 11.5 Å². The van der Waals surface area contributed by atoms with Crippen molar-refractivity contribution in [2.75, 3.05) is 7.11 Å². The van der Waals surface area contributed by atoms with Crippen LogP contribution in [0, 0.1) is 0 Å². The number of methoxy groups -OCH3 is 1. The van der Waals surface area contributed by atoms with Crippen LogP contribution in [0.25, 0.3) is 0 Å². The van der Waals surface area contributed by atoms with Gasteiger partial charge in [-0.2, -0.15) is 0 Å². The van der Waals surface area contributed by atoms with E-state index in [2.05, 4.69) is 0 Å². The molecule has 0 aliphatic carbocycles. The quantitative estimate of drug-likeness (QED) is 0.745. The molecule has 94 valence electrons. The normalized spacial score (nSPS) is 10.3. The minimum absolute atomic E-state index is 0.517. The molecule has 0 aromatic heterocycles. The van der Waals surface area contributed by atoms with E-state index in [1.807, 2.05) is 48.5 Å². The van der Waals surface area contributed by atoms with Crippen LogP contribution in [0.3, 0.4) is 0 Å². The van der Waals surface area contributed by atoms with Gasteiger partial charge < -0.3 is 9.47 Å². The number of benzene rings is 2. The summed E-state index contributed by atoms with van der Waals surface area (Å²) in [7, 11) is 1.68. The topological polar surface area (TPSA) is 18.5 Å². The van der Waals surface area contributed by atoms with E-state index in [-0.39, 0.29) is 0 Å². The lowest BCUT2D eigenvalue weighted by molar-refractivity contribution is 0.184. The van der Waals surface area contributed by atoms with E-state index in [0.717, 1.165) is 22.6 Å². The summed E-state index contributed by atoms with van der Waals surface area (Å²) >= 11 is 5.74. The Hall–Kier alpha value is -1.51. The zero-order chi connectivity index (χ0) is 12.8. The predicted molar refractivity (Wildman–Crippen MR) is 73.2 cm³/mol. The van der Waals surface area contributed by atoms with Crippen LogP contribution in [-0.4, -0.2) is 7.11 Å². The summed E-state index contributed by atoms with van der Waals surface area (Å²) in [6.07, 6.45) is 0. The molecule has 18 heavy (non-hydrogen) atoms. The lowest BCUT2D eigenvalue weighted by atomic mass is 10.2. The van der Waals surface area contributed by atoms with Gasteiger partial charge in [0.15, 0.2) is 0 Å². The van der Waals surface area contributed by atoms with Gasteiger partial charge in [-0.25, -0.2) is 0 Å². The van der Waals surface area contributed by atoms with Crippen molar-refractivity contribution in [2.24, 2.45) is 0 Å². The van der Waals surface area contributed by atoms with Crippen molar-refractivity contribution in [2.45, 2.75) is 12.5 Å². The van der Waals surface area contributed by atoms with Crippen LogP contribution >= 0.6 is 11.6 Å². The number of ether oxygens (including phenoxy) is 2. The highest BCUT2D eigenvalue weighted by molar-refractivity contribution is 6.17. The van der Waals surface area contributed by atoms with E-state index in [1.54, 1.807) is 7.11 Å². The van der Waals surface area contributed by atoms with E-state index in [0.29, 0.717) is 12.5 Å². The standard InChI is InChI=1S/C15H15ClO2/c1-17-11-13-3-2-4-15(9-13)18-14-7-5-12(10-16)6-8-14/h2-9H,10-11H2,1H3. The second kappa shape index (κ2) is 6.43. The number of halogens is 1. The molecule has 0 heterocycles. The Morgan fingerprint density at radius 3 is 2.39 bits per heavy atom. The summed E-state index contributed by atoms with van der Waals surface area (Å²) in [5.74, 6) is 2.13. The molecule has 0 bridgehead atoms. The first-order valence-corrected chi connectivity index (χ1v) is 6.26. The van der Waals surface area contributed by atoms with E-state index >= 15 is 0 Å². The molecule has 2 nitrogen and oxygen atoms in total. The van der Waals surface area contributed by atoms with Crippen LogP contribution < -0.4 is 4.74 Å². The highest BCUT2D eigenvalue weighted by atomic mass is 35.5. The SMILES string of the molecule is COCc1cccc(Oc2ccc(CCl)cc2)c1. The largest absolute Gasteiger partial charge is 0.457 e. The Kier molecular flexibility index (Phi) is 4.62. The molecule has 0 N–H and O–H groups in total.